The number of carboxylic acids is 1. The fourth-order valence-corrected chi connectivity index (χ4v) is 4.44. The summed E-state index contributed by atoms with van der Waals surface area (Å²) in [6.07, 6.45) is -0.126. The first kappa shape index (κ1) is 36.3. The Hall–Kier alpha value is -4.14. The van der Waals surface area contributed by atoms with Crippen LogP contribution in [0.25, 0.3) is 11.1 Å². The summed E-state index contributed by atoms with van der Waals surface area (Å²) in [7, 11) is 3.06. The van der Waals surface area contributed by atoms with Gasteiger partial charge in [-0.05, 0) is 41.0 Å². The molecule has 0 radical (unpaired) electrons. The molecule has 3 aromatic carbocycles. The van der Waals surface area contributed by atoms with Gasteiger partial charge in [-0.3, -0.25) is 4.79 Å². The number of benzene rings is 3. The van der Waals surface area contributed by atoms with E-state index in [2.05, 4.69) is 5.32 Å². The van der Waals surface area contributed by atoms with Crippen LogP contribution in [0, 0.1) is 11.6 Å². The molecule has 1 unspecified atom stereocenters. The van der Waals surface area contributed by atoms with Crippen LogP contribution >= 0.6 is 0 Å². The van der Waals surface area contributed by atoms with Crippen molar-refractivity contribution in [3.63, 3.8) is 0 Å². The van der Waals surface area contributed by atoms with Gasteiger partial charge in [0.2, 0.25) is 0 Å². The standard InChI is InChI=1S/C33H39F2NO10/c1-41-28-19-23(21-46-17-16-45-15-14-44-13-12-43-11-10-37)20-29(42-2)30(28)24-8-6-22(7-9-24)18-27(33(39)40)36-32(38)31-25(34)4-3-5-26(31)35/h3-9,19-20,27,37H,10-18,21H2,1-2H3,(H,36,38)(H,39,40). The number of amides is 1. The summed E-state index contributed by atoms with van der Waals surface area (Å²) in [5.74, 6) is -3.62. The third kappa shape index (κ3) is 11.0. The summed E-state index contributed by atoms with van der Waals surface area (Å²) in [5, 5.41) is 20.5. The Labute approximate surface area is 265 Å². The van der Waals surface area contributed by atoms with Crippen LogP contribution in [0.4, 0.5) is 8.78 Å². The number of methoxy groups -OCH3 is 2. The number of ether oxygens (including phenoxy) is 6. The SMILES string of the molecule is COc1cc(COCCOCCOCCOCCO)cc(OC)c1-c1ccc(CC(NC(=O)c2c(F)cccc2F)C(=O)O)cc1. The number of aliphatic hydroxyl groups excluding tert-OH is 1. The number of nitrogens with one attached hydrogen (secondary N) is 1. The second-order valence-electron chi connectivity index (χ2n) is 9.85. The number of aliphatic hydroxyl groups is 1. The molecule has 0 aliphatic heterocycles. The van der Waals surface area contributed by atoms with Crippen LogP contribution in [0.1, 0.15) is 21.5 Å². The molecule has 46 heavy (non-hydrogen) atoms. The number of hydrogen-bond acceptors (Lipinski definition) is 9. The van der Waals surface area contributed by atoms with Gasteiger partial charge in [0.05, 0.1) is 79.2 Å². The van der Waals surface area contributed by atoms with Crippen molar-refractivity contribution in [2.45, 2.75) is 19.1 Å². The summed E-state index contributed by atoms with van der Waals surface area (Å²) in [6.45, 7) is 2.98. The van der Waals surface area contributed by atoms with E-state index in [0.717, 1.165) is 29.3 Å². The number of halogens is 2. The van der Waals surface area contributed by atoms with Crippen LogP contribution in [0.3, 0.4) is 0 Å². The van der Waals surface area contributed by atoms with E-state index in [1.807, 2.05) is 12.1 Å². The van der Waals surface area contributed by atoms with Crippen LogP contribution in [0.5, 0.6) is 11.5 Å². The molecule has 3 N–H and O–H groups in total. The molecular weight excluding hydrogens is 608 g/mol. The third-order valence-electron chi connectivity index (χ3n) is 6.66. The van der Waals surface area contributed by atoms with Crippen molar-refractivity contribution in [1.82, 2.24) is 5.32 Å². The van der Waals surface area contributed by atoms with Gasteiger partial charge in [-0.25, -0.2) is 13.6 Å². The van der Waals surface area contributed by atoms with Crippen LogP contribution in [-0.2, 0) is 36.8 Å². The first-order valence-corrected chi connectivity index (χ1v) is 14.5. The Morgan fingerprint density at radius 3 is 1.78 bits per heavy atom. The van der Waals surface area contributed by atoms with E-state index in [9.17, 15) is 23.5 Å². The summed E-state index contributed by atoms with van der Waals surface area (Å²) in [5.41, 5.74) is 1.93. The van der Waals surface area contributed by atoms with Crippen molar-refractivity contribution in [3.8, 4) is 22.6 Å². The Morgan fingerprint density at radius 2 is 1.28 bits per heavy atom. The smallest absolute Gasteiger partial charge is 0.326 e. The van der Waals surface area contributed by atoms with E-state index in [1.54, 1.807) is 24.3 Å². The maximum Gasteiger partial charge on any atom is 0.326 e. The highest BCUT2D eigenvalue weighted by atomic mass is 19.1. The molecule has 1 atom stereocenters. The Bertz CT molecular complexity index is 1360. The van der Waals surface area contributed by atoms with E-state index in [4.69, 9.17) is 33.5 Å². The lowest BCUT2D eigenvalue weighted by molar-refractivity contribution is -0.139. The highest BCUT2D eigenvalue weighted by molar-refractivity contribution is 5.97. The van der Waals surface area contributed by atoms with Crippen LogP contribution in [0.2, 0.25) is 0 Å². The van der Waals surface area contributed by atoms with Crippen molar-refractivity contribution in [2.24, 2.45) is 0 Å². The van der Waals surface area contributed by atoms with Gasteiger partial charge in [-0.2, -0.15) is 0 Å². The normalized spacial score (nSPS) is 11.7. The number of carboxylic acid groups (broad SMARTS) is 1. The molecule has 0 aliphatic rings. The molecular formula is C33H39F2NO10. The molecule has 0 aromatic heterocycles. The largest absolute Gasteiger partial charge is 0.496 e. The minimum Gasteiger partial charge on any atom is -0.496 e. The lowest BCUT2D eigenvalue weighted by Gasteiger charge is -2.17. The van der Waals surface area contributed by atoms with Crippen molar-refractivity contribution in [1.29, 1.82) is 0 Å². The number of hydrogen-bond donors (Lipinski definition) is 3. The van der Waals surface area contributed by atoms with Crippen LogP contribution < -0.4 is 14.8 Å². The Kier molecular flexibility index (Phi) is 15.3. The first-order chi connectivity index (χ1) is 22.3. The maximum atomic E-state index is 14.0. The number of aliphatic carboxylic acids is 1. The third-order valence-corrected chi connectivity index (χ3v) is 6.66. The lowest BCUT2D eigenvalue weighted by atomic mass is 9.98. The summed E-state index contributed by atoms with van der Waals surface area (Å²) < 4.78 is 61.0. The minimum absolute atomic E-state index is 0.0169. The molecule has 0 fully saturated rings. The summed E-state index contributed by atoms with van der Waals surface area (Å²) >= 11 is 0. The topological polar surface area (TPSA) is 142 Å². The summed E-state index contributed by atoms with van der Waals surface area (Å²) in [4.78, 5) is 24.3. The molecule has 1 amide bonds. The van der Waals surface area contributed by atoms with Crippen molar-refractivity contribution >= 4 is 11.9 Å². The predicted octanol–water partition coefficient (Wildman–Crippen LogP) is 3.63. The lowest BCUT2D eigenvalue weighted by Crippen LogP contribution is -2.42. The van der Waals surface area contributed by atoms with Gasteiger partial charge < -0.3 is 44.0 Å². The molecule has 250 valence electrons. The molecule has 0 saturated carbocycles. The molecule has 13 heteroatoms. The van der Waals surface area contributed by atoms with Gasteiger partial charge in [-0.1, -0.05) is 30.3 Å². The van der Waals surface area contributed by atoms with E-state index < -0.39 is 35.1 Å². The molecule has 0 saturated heterocycles. The second-order valence-corrected chi connectivity index (χ2v) is 9.85. The van der Waals surface area contributed by atoms with E-state index >= 15 is 0 Å². The second kappa shape index (κ2) is 19.4. The fourth-order valence-electron chi connectivity index (χ4n) is 4.44. The zero-order valence-electron chi connectivity index (χ0n) is 25.8. The van der Waals surface area contributed by atoms with Crippen molar-refractivity contribution in [2.75, 3.05) is 67.1 Å². The fraction of sp³-hybridized carbons (Fsp3) is 0.394. The molecule has 3 aromatic rings. The average molecular weight is 648 g/mol. The van der Waals surface area contributed by atoms with E-state index in [1.165, 1.54) is 14.2 Å². The van der Waals surface area contributed by atoms with Crippen molar-refractivity contribution in [3.05, 3.63) is 82.9 Å². The van der Waals surface area contributed by atoms with E-state index in [0.29, 0.717) is 62.3 Å². The molecule has 3 rings (SSSR count). The van der Waals surface area contributed by atoms with Crippen molar-refractivity contribution < 1.29 is 57.0 Å². The highest BCUT2D eigenvalue weighted by Crippen LogP contribution is 2.40. The average Bonchev–Trinajstić information content (AvgIpc) is 3.04. The molecule has 11 nitrogen and oxygen atoms in total. The van der Waals surface area contributed by atoms with Crippen LogP contribution in [0.15, 0.2) is 54.6 Å². The summed E-state index contributed by atoms with van der Waals surface area (Å²) in [6, 6.07) is 12.1. The minimum atomic E-state index is -1.43. The van der Waals surface area contributed by atoms with Gasteiger partial charge >= 0.3 is 5.97 Å². The molecule has 0 bridgehead atoms. The first-order valence-electron chi connectivity index (χ1n) is 14.5. The van der Waals surface area contributed by atoms with Crippen LogP contribution in [-0.4, -0.2) is 95.2 Å². The number of carbonyl (C=O) groups is 2. The highest BCUT2D eigenvalue weighted by Gasteiger charge is 2.25. The Morgan fingerprint density at radius 1 is 0.761 bits per heavy atom. The molecule has 0 spiro atoms. The number of carbonyl (C=O) groups excluding carboxylic acids is 1. The predicted molar refractivity (Wildman–Crippen MR) is 163 cm³/mol. The Balaban J connectivity index is 1.57. The quantitative estimate of drug-likeness (QED) is 0.147. The molecule has 0 heterocycles. The zero-order valence-corrected chi connectivity index (χ0v) is 25.8. The van der Waals surface area contributed by atoms with E-state index in [-0.39, 0.29) is 26.2 Å². The number of rotatable bonds is 21. The molecule has 0 aliphatic carbocycles. The maximum absolute atomic E-state index is 14.0. The van der Waals surface area contributed by atoms with Gasteiger partial charge in [0, 0.05) is 6.42 Å². The van der Waals surface area contributed by atoms with Gasteiger partial charge in [-0.15, -0.1) is 0 Å². The zero-order chi connectivity index (χ0) is 33.3. The monoisotopic (exact) mass is 647 g/mol. The van der Waals surface area contributed by atoms with Gasteiger partial charge in [0.15, 0.2) is 0 Å². The van der Waals surface area contributed by atoms with Gasteiger partial charge in [0.1, 0.15) is 34.7 Å². The van der Waals surface area contributed by atoms with Gasteiger partial charge in [0.25, 0.3) is 5.91 Å².